The Bertz CT molecular complexity index is 1190. The molecular formula is C22H15F3N2O. The van der Waals surface area contributed by atoms with Crippen LogP contribution in [0.4, 0.5) is 13.2 Å². The summed E-state index contributed by atoms with van der Waals surface area (Å²) >= 11 is 0. The second-order valence-electron chi connectivity index (χ2n) is 6.39. The third kappa shape index (κ3) is 3.24. The summed E-state index contributed by atoms with van der Waals surface area (Å²) in [5.41, 5.74) is 3.18. The van der Waals surface area contributed by atoms with Crippen molar-refractivity contribution in [3.8, 4) is 22.5 Å². The van der Waals surface area contributed by atoms with Crippen LogP contribution in [0.15, 0.2) is 73.3 Å². The highest BCUT2D eigenvalue weighted by Crippen LogP contribution is 2.33. The molecule has 2 N–H and O–H groups in total. The Morgan fingerprint density at radius 1 is 0.929 bits per heavy atom. The highest BCUT2D eigenvalue weighted by molar-refractivity contribution is 5.87. The average molecular weight is 380 g/mol. The molecule has 0 atom stereocenters. The van der Waals surface area contributed by atoms with Crippen LogP contribution < -0.4 is 0 Å². The van der Waals surface area contributed by atoms with Gasteiger partial charge in [0.2, 0.25) is 0 Å². The lowest BCUT2D eigenvalue weighted by Gasteiger charge is -2.08. The number of imidazole rings is 1. The Balaban J connectivity index is 1.79. The molecular weight excluding hydrogens is 365 g/mol. The number of aliphatic hydroxyl groups excluding tert-OH is 1. The van der Waals surface area contributed by atoms with E-state index >= 15 is 0 Å². The van der Waals surface area contributed by atoms with E-state index in [1.165, 1.54) is 6.07 Å². The SMILES string of the molecule is C=C(O)c1ccccc1-c1ccc2[nH]c(-c3cccc(C(F)(F)F)c3)nc2c1. The number of aromatic amines is 1. The van der Waals surface area contributed by atoms with Crippen molar-refractivity contribution < 1.29 is 18.3 Å². The zero-order chi connectivity index (χ0) is 19.9. The van der Waals surface area contributed by atoms with Gasteiger partial charge in [0.1, 0.15) is 11.6 Å². The fourth-order valence-electron chi connectivity index (χ4n) is 3.14. The van der Waals surface area contributed by atoms with Gasteiger partial charge in [-0.3, -0.25) is 0 Å². The molecule has 0 bridgehead atoms. The Labute approximate surface area is 158 Å². The van der Waals surface area contributed by atoms with Gasteiger partial charge in [-0.15, -0.1) is 0 Å². The third-order valence-electron chi connectivity index (χ3n) is 4.50. The fraction of sp³-hybridized carbons (Fsp3) is 0.0455. The Hall–Kier alpha value is -3.54. The van der Waals surface area contributed by atoms with Gasteiger partial charge in [-0.05, 0) is 35.4 Å². The number of alkyl halides is 3. The molecule has 1 aromatic heterocycles. The summed E-state index contributed by atoms with van der Waals surface area (Å²) in [5, 5.41) is 9.82. The maximum atomic E-state index is 13.0. The van der Waals surface area contributed by atoms with Crippen molar-refractivity contribution in [3.63, 3.8) is 0 Å². The zero-order valence-corrected chi connectivity index (χ0v) is 14.6. The van der Waals surface area contributed by atoms with Crippen LogP contribution in [0, 0.1) is 0 Å². The lowest BCUT2D eigenvalue weighted by Crippen LogP contribution is -2.04. The monoisotopic (exact) mass is 380 g/mol. The number of nitrogens with zero attached hydrogens (tertiary/aromatic N) is 1. The van der Waals surface area contributed by atoms with Crippen LogP contribution in [-0.4, -0.2) is 15.1 Å². The van der Waals surface area contributed by atoms with E-state index in [1.54, 1.807) is 18.2 Å². The van der Waals surface area contributed by atoms with Crippen molar-refractivity contribution in [1.82, 2.24) is 9.97 Å². The number of hydrogen-bond donors (Lipinski definition) is 2. The van der Waals surface area contributed by atoms with E-state index in [0.29, 0.717) is 28.0 Å². The van der Waals surface area contributed by atoms with Crippen molar-refractivity contribution in [1.29, 1.82) is 0 Å². The number of H-pyrrole nitrogens is 1. The molecule has 3 nitrogen and oxygen atoms in total. The second-order valence-corrected chi connectivity index (χ2v) is 6.39. The van der Waals surface area contributed by atoms with E-state index in [-0.39, 0.29) is 5.76 Å². The lowest BCUT2D eigenvalue weighted by atomic mass is 9.98. The smallest absolute Gasteiger partial charge is 0.416 e. The number of halogens is 3. The molecule has 0 fully saturated rings. The van der Waals surface area contributed by atoms with Crippen LogP contribution in [0.5, 0.6) is 0 Å². The predicted octanol–water partition coefficient (Wildman–Crippen LogP) is 6.44. The molecule has 3 aromatic carbocycles. The normalized spacial score (nSPS) is 11.7. The van der Waals surface area contributed by atoms with Gasteiger partial charge in [0, 0.05) is 11.1 Å². The summed E-state index contributed by atoms with van der Waals surface area (Å²) < 4.78 is 38.9. The van der Waals surface area contributed by atoms with E-state index in [2.05, 4.69) is 16.5 Å². The van der Waals surface area contributed by atoms with Crippen LogP contribution in [0.1, 0.15) is 11.1 Å². The molecule has 4 aromatic rings. The van der Waals surface area contributed by atoms with E-state index in [4.69, 9.17) is 0 Å². The molecule has 0 aliphatic carbocycles. The third-order valence-corrected chi connectivity index (χ3v) is 4.50. The Morgan fingerprint density at radius 2 is 1.71 bits per heavy atom. The van der Waals surface area contributed by atoms with Crippen LogP contribution >= 0.6 is 0 Å². The molecule has 28 heavy (non-hydrogen) atoms. The summed E-state index contributed by atoms with van der Waals surface area (Å²) in [6, 6.07) is 17.8. The molecule has 0 aliphatic heterocycles. The molecule has 0 unspecified atom stereocenters. The minimum atomic E-state index is -4.41. The highest BCUT2D eigenvalue weighted by atomic mass is 19.4. The number of aliphatic hydroxyl groups is 1. The maximum Gasteiger partial charge on any atom is 0.416 e. The number of benzene rings is 3. The number of fused-ring (bicyclic) bond motifs is 1. The Morgan fingerprint density at radius 3 is 2.46 bits per heavy atom. The minimum absolute atomic E-state index is 0.0395. The van der Waals surface area contributed by atoms with Crippen LogP contribution in [0.25, 0.3) is 39.3 Å². The minimum Gasteiger partial charge on any atom is -0.508 e. The van der Waals surface area contributed by atoms with Gasteiger partial charge in [-0.2, -0.15) is 13.2 Å². The van der Waals surface area contributed by atoms with Crippen molar-refractivity contribution in [2.75, 3.05) is 0 Å². The summed E-state index contributed by atoms with van der Waals surface area (Å²) in [5.74, 6) is 0.320. The maximum absolute atomic E-state index is 13.0. The molecule has 0 amide bonds. The predicted molar refractivity (Wildman–Crippen MR) is 104 cm³/mol. The largest absolute Gasteiger partial charge is 0.508 e. The first-order valence-electron chi connectivity index (χ1n) is 8.48. The van der Waals surface area contributed by atoms with Gasteiger partial charge in [0.05, 0.1) is 16.6 Å². The van der Waals surface area contributed by atoms with Gasteiger partial charge in [-0.25, -0.2) is 4.98 Å². The van der Waals surface area contributed by atoms with E-state index in [1.807, 2.05) is 30.3 Å². The molecule has 0 saturated carbocycles. The van der Waals surface area contributed by atoms with Gasteiger partial charge in [-0.1, -0.05) is 49.0 Å². The summed E-state index contributed by atoms with van der Waals surface area (Å²) in [4.78, 5) is 7.52. The molecule has 140 valence electrons. The van der Waals surface area contributed by atoms with Crippen molar-refractivity contribution >= 4 is 16.8 Å². The molecule has 0 radical (unpaired) electrons. The van der Waals surface area contributed by atoms with Gasteiger partial charge < -0.3 is 10.1 Å². The molecule has 0 spiro atoms. The van der Waals surface area contributed by atoms with Crippen LogP contribution in [0.2, 0.25) is 0 Å². The van der Waals surface area contributed by atoms with Crippen molar-refractivity contribution in [2.45, 2.75) is 6.18 Å². The van der Waals surface area contributed by atoms with Crippen molar-refractivity contribution in [3.05, 3.63) is 84.4 Å². The van der Waals surface area contributed by atoms with Gasteiger partial charge in [0.25, 0.3) is 0 Å². The summed E-state index contributed by atoms with van der Waals surface area (Å²) in [6.07, 6.45) is -4.41. The second kappa shape index (κ2) is 6.56. The van der Waals surface area contributed by atoms with Crippen LogP contribution in [-0.2, 0) is 6.18 Å². The van der Waals surface area contributed by atoms with E-state index < -0.39 is 11.7 Å². The molecule has 1 heterocycles. The van der Waals surface area contributed by atoms with E-state index in [9.17, 15) is 18.3 Å². The van der Waals surface area contributed by atoms with Gasteiger partial charge in [0.15, 0.2) is 0 Å². The quantitative estimate of drug-likeness (QED) is 0.402. The zero-order valence-electron chi connectivity index (χ0n) is 14.6. The first kappa shape index (κ1) is 17.9. The fourth-order valence-corrected chi connectivity index (χ4v) is 3.14. The standard InChI is InChI=1S/C22H15F3N2O/c1-13(28)17-7-2-3-8-18(17)14-9-10-19-20(12-14)27-21(26-19)15-5-4-6-16(11-15)22(23,24)25/h2-12,28H,1H2,(H,26,27). The molecule has 0 saturated heterocycles. The Kier molecular flexibility index (Phi) is 4.19. The topological polar surface area (TPSA) is 48.9 Å². The number of hydrogen-bond acceptors (Lipinski definition) is 2. The molecule has 0 aliphatic rings. The average Bonchev–Trinajstić information content (AvgIpc) is 3.11. The summed E-state index contributed by atoms with van der Waals surface area (Å²) in [6.45, 7) is 3.59. The molecule has 4 rings (SSSR count). The first-order chi connectivity index (χ1) is 13.3. The van der Waals surface area contributed by atoms with E-state index in [0.717, 1.165) is 23.3 Å². The highest BCUT2D eigenvalue weighted by Gasteiger charge is 2.30. The van der Waals surface area contributed by atoms with Gasteiger partial charge >= 0.3 is 6.18 Å². The molecule has 6 heteroatoms. The number of rotatable bonds is 3. The summed E-state index contributed by atoms with van der Waals surface area (Å²) in [7, 11) is 0. The number of nitrogens with one attached hydrogen (secondary N) is 1. The van der Waals surface area contributed by atoms with Crippen LogP contribution in [0.3, 0.4) is 0 Å². The van der Waals surface area contributed by atoms with Crippen molar-refractivity contribution in [2.24, 2.45) is 0 Å². The first-order valence-corrected chi connectivity index (χ1v) is 8.48. The lowest BCUT2D eigenvalue weighted by molar-refractivity contribution is -0.137. The number of aromatic nitrogens is 2.